The number of nitrogens with zero attached hydrogens (tertiary/aromatic N) is 2. The van der Waals surface area contributed by atoms with Crippen molar-refractivity contribution >= 4 is 33.6 Å². The van der Waals surface area contributed by atoms with Crippen molar-refractivity contribution in [3.63, 3.8) is 0 Å². The molecule has 0 aliphatic rings. The van der Waals surface area contributed by atoms with E-state index in [1.54, 1.807) is 48.5 Å². The number of esters is 1. The van der Waals surface area contributed by atoms with Crippen LogP contribution >= 0.6 is 0 Å². The summed E-state index contributed by atoms with van der Waals surface area (Å²) >= 11 is 0. The fourth-order valence-corrected chi connectivity index (χ4v) is 4.23. The second kappa shape index (κ2) is 11.6. The maximum absolute atomic E-state index is 13.2. The number of hydrogen-bond donors (Lipinski definition) is 0. The van der Waals surface area contributed by atoms with Gasteiger partial charge >= 0.3 is 12.1 Å². The first-order chi connectivity index (χ1) is 17.1. The van der Waals surface area contributed by atoms with Crippen LogP contribution in [0.1, 0.15) is 17.5 Å². The summed E-state index contributed by atoms with van der Waals surface area (Å²) in [6.07, 6.45) is -3.89. The van der Waals surface area contributed by atoms with E-state index in [9.17, 15) is 31.2 Å². The summed E-state index contributed by atoms with van der Waals surface area (Å²) in [4.78, 5) is 24.9. The number of alkyl halides is 3. The zero-order valence-electron chi connectivity index (χ0n) is 18.8. The standard InChI is InChI=1S/C25H21F3N2O5S/c26-25(27,28)20-10-7-11-21(16-20)30(29-17-19-8-3-1-4-9-19)23(31)18-35-24(32)14-15-36(33,34)22-12-5-2-6-13-22/h1-13,16-17H,14-15,18H2/b29-17+. The Hall–Kier alpha value is -3.99. The van der Waals surface area contributed by atoms with E-state index in [1.807, 2.05) is 0 Å². The number of anilines is 1. The molecule has 0 saturated heterocycles. The average molecular weight is 519 g/mol. The number of sulfone groups is 1. The number of benzene rings is 3. The van der Waals surface area contributed by atoms with Crippen LogP contribution in [0.15, 0.2) is 94.9 Å². The van der Waals surface area contributed by atoms with E-state index in [4.69, 9.17) is 4.74 Å². The summed E-state index contributed by atoms with van der Waals surface area (Å²) in [5.41, 5.74) is -0.606. The lowest BCUT2D eigenvalue weighted by molar-refractivity contribution is -0.147. The van der Waals surface area contributed by atoms with Crippen molar-refractivity contribution in [3.8, 4) is 0 Å². The van der Waals surface area contributed by atoms with Crippen molar-refractivity contribution < 1.29 is 35.9 Å². The Morgan fingerprint density at radius 1 is 0.917 bits per heavy atom. The molecule has 0 unspecified atom stereocenters. The largest absolute Gasteiger partial charge is 0.455 e. The van der Waals surface area contributed by atoms with Crippen LogP contribution < -0.4 is 5.01 Å². The molecule has 3 aromatic rings. The lowest BCUT2D eigenvalue weighted by atomic mass is 10.2. The van der Waals surface area contributed by atoms with Crippen LogP contribution in [0, 0.1) is 0 Å². The van der Waals surface area contributed by atoms with Crippen LogP contribution in [-0.2, 0) is 30.3 Å². The van der Waals surface area contributed by atoms with Crippen molar-refractivity contribution in [2.45, 2.75) is 17.5 Å². The van der Waals surface area contributed by atoms with Crippen molar-refractivity contribution in [2.24, 2.45) is 5.10 Å². The van der Waals surface area contributed by atoms with E-state index < -0.39 is 52.2 Å². The predicted molar refractivity (Wildman–Crippen MR) is 127 cm³/mol. The lowest BCUT2D eigenvalue weighted by Crippen LogP contribution is -2.31. The van der Waals surface area contributed by atoms with Gasteiger partial charge in [-0.25, -0.2) is 8.42 Å². The molecule has 0 aromatic heterocycles. The molecule has 0 heterocycles. The van der Waals surface area contributed by atoms with Crippen molar-refractivity contribution in [1.82, 2.24) is 0 Å². The van der Waals surface area contributed by atoms with E-state index >= 15 is 0 Å². The third-order valence-corrected chi connectivity index (χ3v) is 6.54. The first-order valence-corrected chi connectivity index (χ1v) is 12.2. The van der Waals surface area contributed by atoms with Gasteiger partial charge in [-0.05, 0) is 35.9 Å². The Balaban J connectivity index is 1.71. The Morgan fingerprint density at radius 2 is 1.56 bits per heavy atom. The topological polar surface area (TPSA) is 93.1 Å². The van der Waals surface area contributed by atoms with Crippen LogP contribution in [0.4, 0.5) is 18.9 Å². The van der Waals surface area contributed by atoms with Gasteiger partial charge in [0.1, 0.15) is 0 Å². The highest BCUT2D eigenvalue weighted by atomic mass is 32.2. The first kappa shape index (κ1) is 26.6. The molecule has 3 rings (SSSR count). The molecule has 0 atom stereocenters. The zero-order valence-corrected chi connectivity index (χ0v) is 19.6. The first-order valence-electron chi connectivity index (χ1n) is 10.6. The van der Waals surface area contributed by atoms with E-state index in [-0.39, 0.29) is 10.6 Å². The fraction of sp³-hybridized carbons (Fsp3) is 0.160. The Morgan fingerprint density at radius 3 is 2.19 bits per heavy atom. The van der Waals surface area contributed by atoms with Gasteiger partial charge in [0, 0.05) is 0 Å². The van der Waals surface area contributed by atoms with Gasteiger partial charge < -0.3 is 4.74 Å². The van der Waals surface area contributed by atoms with Crippen LogP contribution in [0.5, 0.6) is 0 Å². The van der Waals surface area contributed by atoms with Gasteiger partial charge in [-0.1, -0.05) is 54.6 Å². The number of carbonyl (C=O) groups excluding carboxylic acids is 2. The van der Waals surface area contributed by atoms with Gasteiger partial charge in [-0.3, -0.25) is 9.59 Å². The molecule has 11 heteroatoms. The molecule has 0 aliphatic carbocycles. The molecule has 0 spiro atoms. The monoisotopic (exact) mass is 518 g/mol. The summed E-state index contributed by atoms with van der Waals surface area (Å²) in [6.45, 7) is -0.855. The molecule has 0 aliphatic heterocycles. The van der Waals surface area contributed by atoms with Gasteiger partial charge in [0.25, 0.3) is 5.91 Å². The molecule has 36 heavy (non-hydrogen) atoms. The van der Waals surface area contributed by atoms with Gasteiger partial charge in [0.05, 0.1) is 34.5 Å². The molecule has 0 fully saturated rings. The molecule has 0 radical (unpaired) electrons. The Kier molecular flexibility index (Phi) is 8.59. The van der Waals surface area contributed by atoms with Crippen LogP contribution in [0.2, 0.25) is 0 Å². The third-order valence-electron chi connectivity index (χ3n) is 4.81. The quantitative estimate of drug-likeness (QED) is 0.237. The molecular weight excluding hydrogens is 497 g/mol. The minimum absolute atomic E-state index is 0.0415. The highest BCUT2D eigenvalue weighted by molar-refractivity contribution is 7.91. The normalized spacial score (nSPS) is 11.9. The summed E-state index contributed by atoms with van der Waals surface area (Å²) < 4.78 is 69.1. The smallest absolute Gasteiger partial charge is 0.416 e. The van der Waals surface area contributed by atoms with Crippen molar-refractivity contribution in [2.75, 3.05) is 17.4 Å². The minimum atomic E-state index is -4.65. The molecule has 0 saturated carbocycles. The summed E-state index contributed by atoms with van der Waals surface area (Å²) in [5, 5.41) is 4.69. The molecule has 7 nitrogen and oxygen atoms in total. The molecule has 0 N–H and O–H groups in total. The second-order valence-corrected chi connectivity index (χ2v) is 9.56. The predicted octanol–water partition coefficient (Wildman–Crippen LogP) is 4.48. The number of halogens is 3. The molecular formula is C25H21F3N2O5S. The zero-order chi connectivity index (χ0) is 26.2. The summed E-state index contributed by atoms with van der Waals surface area (Å²) in [5.74, 6) is -2.42. The lowest BCUT2D eigenvalue weighted by Gasteiger charge is -2.18. The van der Waals surface area contributed by atoms with E-state index in [2.05, 4.69) is 5.10 Å². The van der Waals surface area contributed by atoms with Crippen molar-refractivity contribution in [3.05, 3.63) is 96.1 Å². The molecule has 188 valence electrons. The van der Waals surface area contributed by atoms with Gasteiger partial charge in [-0.2, -0.15) is 23.3 Å². The summed E-state index contributed by atoms with van der Waals surface area (Å²) in [6, 6.07) is 20.0. The van der Waals surface area contributed by atoms with Crippen LogP contribution in [0.25, 0.3) is 0 Å². The highest BCUT2D eigenvalue weighted by Gasteiger charge is 2.31. The molecule has 3 aromatic carbocycles. The van der Waals surface area contributed by atoms with Gasteiger partial charge in [0.15, 0.2) is 16.4 Å². The van der Waals surface area contributed by atoms with Gasteiger partial charge in [0.2, 0.25) is 0 Å². The number of carbonyl (C=O) groups is 2. The number of hydrogen-bond acceptors (Lipinski definition) is 6. The number of hydrazone groups is 1. The number of ether oxygens (including phenoxy) is 1. The Labute approximate surface area is 205 Å². The SMILES string of the molecule is O=C(CCS(=O)(=O)c1ccccc1)OCC(=O)N(/N=C/c1ccccc1)c1cccc(C(F)(F)F)c1. The number of amides is 1. The van der Waals surface area contributed by atoms with Crippen molar-refractivity contribution in [1.29, 1.82) is 0 Å². The van der Waals surface area contributed by atoms with Gasteiger partial charge in [-0.15, -0.1) is 0 Å². The van der Waals surface area contributed by atoms with Crippen LogP contribution in [0.3, 0.4) is 0 Å². The highest BCUT2D eigenvalue weighted by Crippen LogP contribution is 2.31. The second-order valence-electron chi connectivity index (χ2n) is 7.45. The fourth-order valence-electron chi connectivity index (χ4n) is 2.99. The van der Waals surface area contributed by atoms with Crippen LogP contribution in [-0.4, -0.2) is 38.9 Å². The maximum atomic E-state index is 13.2. The van der Waals surface area contributed by atoms with E-state index in [0.29, 0.717) is 10.6 Å². The Bertz CT molecular complexity index is 1330. The molecule has 0 bridgehead atoms. The van der Waals surface area contributed by atoms with E-state index in [1.165, 1.54) is 24.4 Å². The number of rotatable bonds is 9. The molecule has 1 amide bonds. The summed E-state index contributed by atoms with van der Waals surface area (Å²) in [7, 11) is -3.74. The third kappa shape index (κ3) is 7.51. The van der Waals surface area contributed by atoms with E-state index in [0.717, 1.165) is 18.2 Å². The average Bonchev–Trinajstić information content (AvgIpc) is 2.87. The minimum Gasteiger partial charge on any atom is -0.455 e. The maximum Gasteiger partial charge on any atom is 0.416 e.